The normalized spacial score (nSPS) is 13.0. The van der Waals surface area contributed by atoms with Crippen LogP contribution in [0.1, 0.15) is 35.7 Å². The summed E-state index contributed by atoms with van der Waals surface area (Å²) in [6.07, 6.45) is 1.88. The third kappa shape index (κ3) is 5.25. The number of hydrogen-bond acceptors (Lipinski definition) is 3. The van der Waals surface area contributed by atoms with Gasteiger partial charge in [0.15, 0.2) is 0 Å². The number of halogens is 1. The standard InChI is InChI=1S/C22H27FN4O2/c1-4-24-22(29)25-18-8-11-20(26(2)3)16(13-18)14-27(19-9-10-19)21(28)15-6-5-7-17(23)12-15/h5-8,11-13,19H,4,9-10,14H2,1-3H3,(H2,24,25,29). The first-order chi connectivity index (χ1) is 13.9. The molecule has 0 spiro atoms. The molecule has 1 aliphatic rings. The second-order valence-corrected chi connectivity index (χ2v) is 7.40. The van der Waals surface area contributed by atoms with E-state index in [-0.39, 0.29) is 18.0 Å². The fourth-order valence-corrected chi connectivity index (χ4v) is 3.29. The van der Waals surface area contributed by atoms with E-state index in [2.05, 4.69) is 10.6 Å². The summed E-state index contributed by atoms with van der Waals surface area (Å²) in [5.41, 5.74) is 2.88. The molecule has 1 fully saturated rings. The Morgan fingerprint density at radius 3 is 2.52 bits per heavy atom. The fraction of sp³-hybridized carbons (Fsp3) is 0.364. The highest BCUT2D eigenvalue weighted by Crippen LogP contribution is 2.32. The molecule has 0 unspecified atom stereocenters. The van der Waals surface area contributed by atoms with Gasteiger partial charge in [0.25, 0.3) is 5.91 Å². The van der Waals surface area contributed by atoms with Crippen molar-refractivity contribution in [3.8, 4) is 0 Å². The highest BCUT2D eigenvalue weighted by Gasteiger charge is 2.33. The zero-order valence-corrected chi connectivity index (χ0v) is 17.0. The smallest absolute Gasteiger partial charge is 0.319 e. The van der Waals surface area contributed by atoms with Gasteiger partial charge in [0, 0.05) is 50.2 Å². The highest BCUT2D eigenvalue weighted by molar-refractivity contribution is 5.95. The van der Waals surface area contributed by atoms with Crippen LogP contribution in [0.5, 0.6) is 0 Å². The third-order valence-electron chi connectivity index (χ3n) is 4.82. The summed E-state index contributed by atoms with van der Waals surface area (Å²) in [6, 6.07) is 11.3. The first-order valence-corrected chi connectivity index (χ1v) is 9.80. The number of hydrogen-bond donors (Lipinski definition) is 2. The van der Waals surface area contributed by atoms with Gasteiger partial charge in [0.2, 0.25) is 0 Å². The molecule has 29 heavy (non-hydrogen) atoms. The monoisotopic (exact) mass is 398 g/mol. The molecule has 1 saturated carbocycles. The van der Waals surface area contributed by atoms with Gasteiger partial charge in [-0.3, -0.25) is 4.79 Å². The molecule has 0 aromatic heterocycles. The molecule has 6 nitrogen and oxygen atoms in total. The molecular weight excluding hydrogens is 371 g/mol. The van der Waals surface area contributed by atoms with Gasteiger partial charge in [0.1, 0.15) is 5.82 Å². The number of carbonyl (C=O) groups excluding carboxylic acids is 2. The van der Waals surface area contributed by atoms with Crippen molar-refractivity contribution in [2.45, 2.75) is 32.4 Å². The van der Waals surface area contributed by atoms with Gasteiger partial charge in [-0.2, -0.15) is 0 Å². The lowest BCUT2D eigenvalue weighted by Gasteiger charge is -2.26. The lowest BCUT2D eigenvalue weighted by Crippen LogP contribution is -2.33. The lowest BCUT2D eigenvalue weighted by molar-refractivity contribution is 0.0729. The minimum Gasteiger partial charge on any atom is -0.377 e. The Labute approximate surface area is 170 Å². The van der Waals surface area contributed by atoms with Gasteiger partial charge in [0.05, 0.1) is 0 Å². The molecule has 0 bridgehead atoms. The van der Waals surface area contributed by atoms with Gasteiger partial charge < -0.3 is 20.4 Å². The van der Waals surface area contributed by atoms with E-state index >= 15 is 0 Å². The van der Waals surface area contributed by atoms with Crippen LogP contribution in [-0.4, -0.2) is 43.5 Å². The Morgan fingerprint density at radius 1 is 1.14 bits per heavy atom. The predicted molar refractivity (Wildman–Crippen MR) is 113 cm³/mol. The number of carbonyl (C=O) groups is 2. The van der Waals surface area contributed by atoms with E-state index in [1.165, 1.54) is 12.1 Å². The molecule has 0 radical (unpaired) electrons. The predicted octanol–water partition coefficient (Wildman–Crippen LogP) is 3.84. The summed E-state index contributed by atoms with van der Waals surface area (Å²) >= 11 is 0. The van der Waals surface area contributed by atoms with Crippen molar-refractivity contribution < 1.29 is 14.0 Å². The molecule has 154 valence electrons. The second-order valence-electron chi connectivity index (χ2n) is 7.40. The number of amides is 3. The summed E-state index contributed by atoms with van der Waals surface area (Å²) in [5, 5.41) is 5.52. The minimum atomic E-state index is -0.422. The molecule has 0 saturated heterocycles. The third-order valence-corrected chi connectivity index (χ3v) is 4.82. The molecule has 3 rings (SSSR count). The van der Waals surface area contributed by atoms with Gasteiger partial charge in [-0.25, -0.2) is 9.18 Å². The van der Waals surface area contributed by atoms with Crippen LogP contribution in [0, 0.1) is 5.82 Å². The molecule has 0 heterocycles. The van der Waals surface area contributed by atoms with Crippen molar-refractivity contribution in [1.82, 2.24) is 10.2 Å². The van der Waals surface area contributed by atoms with Crippen LogP contribution in [0.4, 0.5) is 20.6 Å². The van der Waals surface area contributed by atoms with Gasteiger partial charge >= 0.3 is 6.03 Å². The molecule has 3 amide bonds. The Morgan fingerprint density at radius 2 is 1.90 bits per heavy atom. The zero-order valence-electron chi connectivity index (χ0n) is 17.0. The van der Waals surface area contributed by atoms with Gasteiger partial charge in [-0.05, 0) is 61.7 Å². The maximum Gasteiger partial charge on any atom is 0.319 e. The zero-order chi connectivity index (χ0) is 21.0. The fourth-order valence-electron chi connectivity index (χ4n) is 3.29. The maximum absolute atomic E-state index is 13.6. The van der Waals surface area contributed by atoms with Crippen LogP contribution in [0.15, 0.2) is 42.5 Å². The number of nitrogens with one attached hydrogen (secondary N) is 2. The van der Waals surface area contributed by atoms with Crippen LogP contribution in [0.25, 0.3) is 0 Å². The quantitative estimate of drug-likeness (QED) is 0.745. The Balaban J connectivity index is 1.88. The van der Waals surface area contributed by atoms with E-state index in [1.807, 2.05) is 44.1 Å². The van der Waals surface area contributed by atoms with Gasteiger partial charge in [-0.1, -0.05) is 6.07 Å². The Bertz CT molecular complexity index is 896. The van der Waals surface area contributed by atoms with E-state index in [0.29, 0.717) is 24.3 Å². The van der Waals surface area contributed by atoms with Gasteiger partial charge in [-0.15, -0.1) is 0 Å². The van der Waals surface area contributed by atoms with E-state index in [4.69, 9.17) is 0 Å². The molecule has 2 N–H and O–H groups in total. The summed E-state index contributed by atoms with van der Waals surface area (Å²) in [5.74, 6) is -0.604. The molecule has 7 heteroatoms. The summed E-state index contributed by atoms with van der Waals surface area (Å²) in [7, 11) is 3.87. The van der Waals surface area contributed by atoms with Crippen LogP contribution >= 0.6 is 0 Å². The largest absolute Gasteiger partial charge is 0.377 e. The first kappa shape index (κ1) is 20.6. The van der Waals surface area contributed by atoms with Crippen molar-refractivity contribution in [3.63, 3.8) is 0 Å². The Hall–Kier alpha value is -3.09. The topological polar surface area (TPSA) is 64.7 Å². The molecule has 0 aliphatic heterocycles. The molecule has 1 aliphatic carbocycles. The van der Waals surface area contributed by atoms with Crippen LogP contribution in [0.2, 0.25) is 0 Å². The van der Waals surface area contributed by atoms with E-state index < -0.39 is 5.82 Å². The number of benzene rings is 2. The van der Waals surface area contributed by atoms with Crippen molar-refractivity contribution >= 4 is 23.3 Å². The number of nitrogens with zero attached hydrogens (tertiary/aromatic N) is 2. The Kier molecular flexibility index (Phi) is 6.36. The van der Waals surface area contributed by atoms with E-state index in [9.17, 15) is 14.0 Å². The summed E-state index contributed by atoms with van der Waals surface area (Å²) in [4.78, 5) is 28.7. The number of rotatable bonds is 7. The summed E-state index contributed by atoms with van der Waals surface area (Å²) < 4.78 is 13.6. The molecule has 2 aromatic rings. The minimum absolute atomic E-state index is 0.154. The van der Waals surface area contributed by atoms with Crippen LogP contribution in [-0.2, 0) is 6.54 Å². The van der Waals surface area contributed by atoms with E-state index in [0.717, 1.165) is 24.1 Å². The number of urea groups is 1. The van der Waals surface area contributed by atoms with Crippen molar-refractivity contribution in [3.05, 3.63) is 59.4 Å². The van der Waals surface area contributed by atoms with Crippen LogP contribution < -0.4 is 15.5 Å². The maximum atomic E-state index is 13.6. The van der Waals surface area contributed by atoms with Crippen molar-refractivity contribution in [2.24, 2.45) is 0 Å². The van der Waals surface area contributed by atoms with Crippen molar-refractivity contribution in [2.75, 3.05) is 30.9 Å². The average molecular weight is 398 g/mol. The first-order valence-electron chi connectivity index (χ1n) is 9.80. The molecular formula is C22H27FN4O2. The van der Waals surface area contributed by atoms with E-state index in [1.54, 1.807) is 17.0 Å². The van der Waals surface area contributed by atoms with Crippen molar-refractivity contribution in [1.29, 1.82) is 0 Å². The second kappa shape index (κ2) is 8.94. The SMILES string of the molecule is CCNC(=O)Nc1ccc(N(C)C)c(CN(C(=O)c2cccc(F)c2)C2CC2)c1. The lowest BCUT2D eigenvalue weighted by atomic mass is 10.1. The van der Waals surface area contributed by atoms with Crippen LogP contribution in [0.3, 0.4) is 0 Å². The molecule has 0 atom stereocenters. The summed E-state index contributed by atoms with van der Waals surface area (Å²) in [6.45, 7) is 2.77. The highest BCUT2D eigenvalue weighted by atomic mass is 19.1. The average Bonchev–Trinajstić information content (AvgIpc) is 3.50. The molecule has 2 aromatic carbocycles. The number of anilines is 2.